The van der Waals surface area contributed by atoms with E-state index >= 15 is 0 Å². The molecule has 4 nitrogen and oxygen atoms in total. The fourth-order valence-corrected chi connectivity index (χ4v) is 0.706. The van der Waals surface area contributed by atoms with Crippen molar-refractivity contribution in [3.63, 3.8) is 0 Å². The van der Waals surface area contributed by atoms with E-state index in [2.05, 4.69) is 15.6 Å². The Morgan fingerprint density at radius 3 is 2.55 bits per heavy atom. The lowest BCUT2D eigenvalue weighted by Gasteiger charge is -2.10. The molecule has 0 bridgehead atoms. The van der Waals surface area contributed by atoms with E-state index in [1.54, 1.807) is 17.1 Å². The molecule has 0 spiro atoms. The highest BCUT2D eigenvalue weighted by Crippen LogP contribution is 2.05. The van der Waals surface area contributed by atoms with Gasteiger partial charge in [0.25, 0.3) is 0 Å². The normalized spacial score (nSPS) is 10.2. The molecule has 1 rings (SSSR count). The van der Waals surface area contributed by atoms with E-state index in [0.29, 0.717) is 11.0 Å². The van der Waals surface area contributed by atoms with Crippen LogP contribution < -0.4 is 5.43 Å². The smallest absolute Gasteiger partial charge is 0.163 e. The van der Waals surface area contributed by atoms with Crippen LogP contribution in [-0.4, -0.2) is 29.3 Å². The SMILES string of the molecule is CN(C)Nc1ccc(Cl)nn1. The molecule has 0 aliphatic heterocycles. The van der Waals surface area contributed by atoms with Gasteiger partial charge in [-0.2, -0.15) is 0 Å². The predicted molar refractivity (Wildman–Crippen MR) is 44.4 cm³/mol. The minimum absolute atomic E-state index is 0.398. The van der Waals surface area contributed by atoms with Gasteiger partial charge >= 0.3 is 0 Å². The van der Waals surface area contributed by atoms with Crippen LogP contribution in [0.2, 0.25) is 5.15 Å². The molecule has 11 heavy (non-hydrogen) atoms. The monoisotopic (exact) mass is 172 g/mol. The summed E-state index contributed by atoms with van der Waals surface area (Å²) in [5.74, 6) is 0.680. The molecular formula is C6H9ClN4. The highest BCUT2D eigenvalue weighted by molar-refractivity contribution is 6.29. The lowest BCUT2D eigenvalue weighted by atomic mass is 10.5. The molecule has 0 saturated heterocycles. The molecule has 1 aromatic rings. The van der Waals surface area contributed by atoms with Crippen molar-refractivity contribution in [2.24, 2.45) is 0 Å². The van der Waals surface area contributed by atoms with Crippen molar-refractivity contribution >= 4 is 17.4 Å². The van der Waals surface area contributed by atoms with Gasteiger partial charge in [-0.15, -0.1) is 10.2 Å². The number of halogens is 1. The zero-order chi connectivity index (χ0) is 8.27. The van der Waals surface area contributed by atoms with Gasteiger partial charge in [-0.05, 0) is 12.1 Å². The number of hydrogen-bond acceptors (Lipinski definition) is 4. The van der Waals surface area contributed by atoms with Gasteiger partial charge in [0.15, 0.2) is 11.0 Å². The maximum atomic E-state index is 5.53. The van der Waals surface area contributed by atoms with Crippen LogP contribution in [0.15, 0.2) is 12.1 Å². The molecule has 0 aromatic carbocycles. The third-order valence-corrected chi connectivity index (χ3v) is 1.17. The third kappa shape index (κ3) is 2.69. The molecule has 1 N–H and O–H groups in total. The fourth-order valence-electron chi connectivity index (χ4n) is 0.605. The summed E-state index contributed by atoms with van der Waals surface area (Å²) in [4.78, 5) is 0. The minimum Gasteiger partial charge on any atom is -0.302 e. The second-order valence-electron chi connectivity index (χ2n) is 2.25. The zero-order valence-electron chi connectivity index (χ0n) is 6.37. The van der Waals surface area contributed by atoms with Crippen molar-refractivity contribution in [3.8, 4) is 0 Å². The molecule has 5 heteroatoms. The first kappa shape index (κ1) is 8.23. The second kappa shape index (κ2) is 3.50. The summed E-state index contributed by atoms with van der Waals surface area (Å²) in [5.41, 5.74) is 2.93. The molecule has 0 aliphatic carbocycles. The number of hydrogen-bond donors (Lipinski definition) is 1. The Balaban J connectivity index is 2.66. The van der Waals surface area contributed by atoms with Crippen molar-refractivity contribution in [3.05, 3.63) is 17.3 Å². The average molecular weight is 173 g/mol. The number of hydrazine groups is 1. The molecule has 0 radical (unpaired) electrons. The first-order valence-electron chi connectivity index (χ1n) is 3.11. The van der Waals surface area contributed by atoms with E-state index in [1.165, 1.54) is 0 Å². The topological polar surface area (TPSA) is 41.0 Å². The van der Waals surface area contributed by atoms with Gasteiger partial charge in [-0.1, -0.05) is 11.6 Å². The standard InChI is InChI=1S/C6H9ClN4/c1-11(2)10-6-4-3-5(7)8-9-6/h3-4H,1-2H3,(H,9,10). The van der Waals surface area contributed by atoms with Crippen LogP contribution in [0.4, 0.5) is 5.82 Å². The third-order valence-electron chi connectivity index (χ3n) is 0.970. The molecule has 0 saturated carbocycles. The Bertz CT molecular complexity index is 221. The molecule has 0 amide bonds. The van der Waals surface area contributed by atoms with Crippen molar-refractivity contribution in [1.82, 2.24) is 15.2 Å². The van der Waals surface area contributed by atoms with E-state index in [1.807, 2.05) is 14.1 Å². The van der Waals surface area contributed by atoms with Crippen LogP contribution in [-0.2, 0) is 0 Å². The van der Waals surface area contributed by atoms with E-state index in [9.17, 15) is 0 Å². The van der Waals surface area contributed by atoms with E-state index in [0.717, 1.165) is 0 Å². The number of nitrogens with one attached hydrogen (secondary N) is 1. The minimum atomic E-state index is 0.398. The maximum absolute atomic E-state index is 5.53. The van der Waals surface area contributed by atoms with Gasteiger partial charge in [0.05, 0.1) is 0 Å². The van der Waals surface area contributed by atoms with Crippen LogP contribution >= 0.6 is 11.6 Å². The van der Waals surface area contributed by atoms with Gasteiger partial charge in [0.1, 0.15) is 0 Å². The van der Waals surface area contributed by atoms with Crippen LogP contribution in [0.3, 0.4) is 0 Å². The van der Waals surface area contributed by atoms with E-state index in [4.69, 9.17) is 11.6 Å². The quantitative estimate of drug-likeness (QED) is 0.677. The Hall–Kier alpha value is -0.870. The Labute approximate surface area is 70.2 Å². The lowest BCUT2D eigenvalue weighted by molar-refractivity contribution is 0.491. The Morgan fingerprint density at radius 2 is 2.09 bits per heavy atom. The van der Waals surface area contributed by atoms with Crippen LogP contribution in [0.1, 0.15) is 0 Å². The maximum Gasteiger partial charge on any atom is 0.163 e. The summed E-state index contributed by atoms with van der Waals surface area (Å²) in [6.45, 7) is 0. The van der Waals surface area contributed by atoms with Crippen LogP contribution in [0.25, 0.3) is 0 Å². The highest BCUT2D eigenvalue weighted by Gasteiger charge is 1.94. The zero-order valence-corrected chi connectivity index (χ0v) is 7.13. The summed E-state index contributed by atoms with van der Waals surface area (Å²) >= 11 is 5.53. The molecule has 0 fully saturated rings. The summed E-state index contributed by atoms with van der Waals surface area (Å²) in [7, 11) is 3.74. The molecule has 1 heterocycles. The van der Waals surface area contributed by atoms with E-state index in [-0.39, 0.29) is 0 Å². The molecule has 0 atom stereocenters. The summed E-state index contributed by atoms with van der Waals surface area (Å²) in [6, 6.07) is 3.44. The molecule has 0 unspecified atom stereocenters. The van der Waals surface area contributed by atoms with Crippen molar-refractivity contribution in [2.75, 3.05) is 19.5 Å². The summed E-state index contributed by atoms with van der Waals surface area (Å²) in [5, 5.41) is 9.62. The largest absolute Gasteiger partial charge is 0.302 e. The van der Waals surface area contributed by atoms with Crippen molar-refractivity contribution in [1.29, 1.82) is 0 Å². The van der Waals surface area contributed by atoms with Gasteiger partial charge in [-0.3, -0.25) is 0 Å². The van der Waals surface area contributed by atoms with Gasteiger partial charge in [0, 0.05) is 14.1 Å². The fraction of sp³-hybridized carbons (Fsp3) is 0.333. The summed E-state index contributed by atoms with van der Waals surface area (Å²) in [6.07, 6.45) is 0. The van der Waals surface area contributed by atoms with Crippen molar-refractivity contribution < 1.29 is 0 Å². The van der Waals surface area contributed by atoms with Crippen LogP contribution in [0, 0.1) is 0 Å². The Morgan fingerprint density at radius 1 is 1.36 bits per heavy atom. The molecule has 60 valence electrons. The number of rotatable bonds is 2. The first-order chi connectivity index (χ1) is 5.18. The average Bonchev–Trinajstić information content (AvgIpc) is 1.93. The predicted octanol–water partition coefficient (Wildman–Crippen LogP) is 1.02. The van der Waals surface area contributed by atoms with Gasteiger partial charge < -0.3 is 5.43 Å². The molecule has 1 aromatic heterocycles. The van der Waals surface area contributed by atoms with Crippen LogP contribution in [0.5, 0.6) is 0 Å². The number of aromatic nitrogens is 2. The Kier molecular flexibility index (Phi) is 2.62. The van der Waals surface area contributed by atoms with Gasteiger partial charge in [-0.25, -0.2) is 5.01 Å². The number of anilines is 1. The lowest BCUT2D eigenvalue weighted by Crippen LogP contribution is -2.20. The summed E-state index contributed by atoms with van der Waals surface area (Å²) < 4.78 is 0. The second-order valence-corrected chi connectivity index (χ2v) is 2.63. The molecular weight excluding hydrogens is 164 g/mol. The first-order valence-corrected chi connectivity index (χ1v) is 3.49. The molecule has 0 aliphatic rings. The highest BCUT2D eigenvalue weighted by atomic mass is 35.5. The van der Waals surface area contributed by atoms with Gasteiger partial charge in [0.2, 0.25) is 0 Å². The van der Waals surface area contributed by atoms with E-state index < -0.39 is 0 Å². The number of nitrogens with zero attached hydrogens (tertiary/aromatic N) is 3. The van der Waals surface area contributed by atoms with Crippen molar-refractivity contribution in [2.45, 2.75) is 0 Å².